The Labute approximate surface area is 125 Å². The number of thiazole rings is 1. The van der Waals surface area contributed by atoms with Gasteiger partial charge in [0.15, 0.2) is 5.13 Å². The summed E-state index contributed by atoms with van der Waals surface area (Å²) < 4.78 is 0.730. The predicted molar refractivity (Wildman–Crippen MR) is 78.6 cm³/mol. The van der Waals surface area contributed by atoms with Crippen molar-refractivity contribution < 1.29 is 4.79 Å². The van der Waals surface area contributed by atoms with E-state index < -0.39 is 5.91 Å². The van der Waals surface area contributed by atoms with Crippen LogP contribution in [0.1, 0.15) is 10.5 Å². The average Bonchev–Trinajstić information content (AvgIpc) is 2.70. The van der Waals surface area contributed by atoms with E-state index in [4.69, 9.17) is 28.9 Å². The first-order valence-electron chi connectivity index (χ1n) is 4.64. The summed E-state index contributed by atoms with van der Waals surface area (Å²) in [5.74, 6) is -0.408. The lowest BCUT2D eigenvalue weighted by atomic mass is 10.3. The third-order valence-electron chi connectivity index (χ3n) is 2.00. The molecule has 1 aromatic carbocycles. The number of nitrogens with zero attached hydrogens (tertiary/aromatic N) is 1. The van der Waals surface area contributed by atoms with Crippen molar-refractivity contribution in [3.05, 3.63) is 37.7 Å². The van der Waals surface area contributed by atoms with Crippen LogP contribution < -0.4 is 11.1 Å². The van der Waals surface area contributed by atoms with Crippen LogP contribution in [0.25, 0.3) is 0 Å². The first-order valence-corrected chi connectivity index (χ1v) is 7.07. The first-order chi connectivity index (χ1) is 8.47. The number of aromatic nitrogens is 1. The third-order valence-corrected chi connectivity index (χ3v) is 3.73. The molecule has 0 fully saturated rings. The van der Waals surface area contributed by atoms with E-state index in [1.54, 1.807) is 17.5 Å². The van der Waals surface area contributed by atoms with Gasteiger partial charge in [0.05, 0.1) is 15.7 Å². The largest absolute Gasteiger partial charge is 0.375 e. The molecular formula is C10H6BrCl2N3OS. The number of nitrogens with two attached hydrogens (primary N) is 1. The topological polar surface area (TPSA) is 68.0 Å². The fourth-order valence-electron chi connectivity index (χ4n) is 1.23. The Bertz CT molecular complexity index is 594. The van der Waals surface area contributed by atoms with Crippen LogP contribution in [-0.2, 0) is 0 Å². The van der Waals surface area contributed by atoms with E-state index in [0.717, 1.165) is 4.47 Å². The van der Waals surface area contributed by atoms with Gasteiger partial charge in [0, 0.05) is 9.85 Å². The van der Waals surface area contributed by atoms with Crippen LogP contribution in [0.3, 0.4) is 0 Å². The van der Waals surface area contributed by atoms with Crippen molar-refractivity contribution >= 4 is 67.2 Å². The molecule has 0 radical (unpaired) electrons. The molecule has 94 valence electrons. The van der Waals surface area contributed by atoms with Crippen LogP contribution >= 0.6 is 50.5 Å². The number of carbonyl (C=O) groups is 1. The van der Waals surface area contributed by atoms with E-state index in [2.05, 4.69) is 26.2 Å². The molecule has 1 aromatic heterocycles. The van der Waals surface area contributed by atoms with Gasteiger partial charge < -0.3 is 11.1 Å². The van der Waals surface area contributed by atoms with Crippen molar-refractivity contribution in [3.63, 3.8) is 0 Å². The van der Waals surface area contributed by atoms with E-state index in [9.17, 15) is 4.79 Å². The molecule has 3 N–H and O–H groups in total. The number of anilines is 2. The van der Waals surface area contributed by atoms with Gasteiger partial charge in [-0.3, -0.25) is 4.79 Å². The van der Waals surface area contributed by atoms with Gasteiger partial charge in [-0.15, -0.1) is 11.3 Å². The Morgan fingerprint density at radius 3 is 2.50 bits per heavy atom. The Hall–Kier alpha value is -0.820. The molecule has 18 heavy (non-hydrogen) atoms. The van der Waals surface area contributed by atoms with E-state index in [0.29, 0.717) is 20.9 Å². The molecule has 0 saturated carbocycles. The van der Waals surface area contributed by atoms with E-state index in [-0.39, 0.29) is 5.69 Å². The molecule has 8 heteroatoms. The average molecular weight is 367 g/mol. The molecule has 0 aliphatic rings. The summed E-state index contributed by atoms with van der Waals surface area (Å²) in [6, 6.07) is 3.27. The third kappa shape index (κ3) is 2.95. The second-order valence-electron chi connectivity index (χ2n) is 3.27. The van der Waals surface area contributed by atoms with Crippen molar-refractivity contribution in [2.75, 3.05) is 11.1 Å². The fourth-order valence-corrected chi connectivity index (χ4v) is 3.08. The highest BCUT2D eigenvalue weighted by atomic mass is 79.9. The van der Waals surface area contributed by atoms with Gasteiger partial charge >= 0.3 is 0 Å². The van der Waals surface area contributed by atoms with Crippen molar-refractivity contribution in [3.8, 4) is 0 Å². The van der Waals surface area contributed by atoms with Crippen molar-refractivity contribution in [1.29, 1.82) is 0 Å². The normalized spacial score (nSPS) is 10.4. The summed E-state index contributed by atoms with van der Waals surface area (Å²) in [6.45, 7) is 0. The number of hydrogen-bond acceptors (Lipinski definition) is 4. The van der Waals surface area contributed by atoms with Crippen molar-refractivity contribution in [2.24, 2.45) is 0 Å². The number of benzene rings is 1. The molecule has 1 heterocycles. The number of rotatable bonds is 2. The lowest BCUT2D eigenvalue weighted by Crippen LogP contribution is -2.13. The zero-order valence-corrected chi connectivity index (χ0v) is 12.6. The highest BCUT2D eigenvalue weighted by Crippen LogP contribution is 2.34. The highest BCUT2D eigenvalue weighted by Gasteiger charge is 2.14. The SMILES string of the molecule is Nc1nc(C(=O)Nc2c(Cl)cc(Br)cc2Cl)cs1. The summed E-state index contributed by atoms with van der Waals surface area (Å²) >= 11 is 16.4. The van der Waals surface area contributed by atoms with Gasteiger partial charge in [-0.2, -0.15) is 0 Å². The molecule has 0 aliphatic carbocycles. The zero-order chi connectivity index (χ0) is 13.3. The summed E-state index contributed by atoms with van der Waals surface area (Å²) in [7, 11) is 0. The minimum Gasteiger partial charge on any atom is -0.375 e. The fraction of sp³-hybridized carbons (Fsp3) is 0. The van der Waals surface area contributed by atoms with Gasteiger partial charge in [-0.25, -0.2) is 4.98 Å². The minimum absolute atomic E-state index is 0.229. The second kappa shape index (κ2) is 5.44. The molecule has 1 amide bonds. The first kappa shape index (κ1) is 13.6. The van der Waals surface area contributed by atoms with Crippen LogP contribution in [0.4, 0.5) is 10.8 Å². The maximum Gasteiger partial charge on any atom is 0.275 e. The molecular weight excluding hydrogens is 361 g/mol. The summed E-state index contributed by atoms with van der Waals surface area (Å²) in [5, 5.41) is 5.17. The minimum atomic E-state index is -0.408. The number of nitrogen functional groups attached to an aromatic ring is 1. The number of amides is 1. The van der Waals surface area contributed by atoms with Crippen LogP contribution in [0.15, 0.2) is 22.0 Å². The van der Waals surface area contributed by atoms with Crippen LogP contribution in [-0.4, -0.2) is 10.9 Å². The van der Waals surface area contributed by atoms with Crippen LogP contribution in [0, 0.1) is 0 Å². The lowest BCUT2D eigenvalue weighted by Gasteiger charge is -2.08. The van der Waals surface area contributed by atoms with Gasteiger partial charge in [-0.1, -0.05) is 39.1 Å². The van der Waals surface area contributed by atoms with Crippen LogP contribution in [0.2, 0.25) is 10.0 Å². The standard InChI is InChI=1S/C10H6BrCl2N3OS/c11-4-1-5(12)8(6(13)2-4)16-9(17)7-3-18-10(14)15-7/h1-3H,(H2,14,15)(H,16,17). The quantitative estimate of drug-likeness (QED) is 0.842. The Balaban J connectivity index is 2.27. The number of halogens is 3. The van der Waals surface area contributed by atoms with Gasteiger partial charge in [0.1, 0.15) is 5.69 Å². The summed E-state index contributed by atoms with van der Waals surface area (Å²) in [5.41, 5.74) is 6.03. The maximum absolute atomic E-state index is 11.9. The highest BCUT2D eigenvalue weighted by molar-refractivity contribution is 9.10. The lowest BCUT2D eigenvalue weighted by molar-refractivity contribution is 0.102. The number of nitrogens with one attached hydrogen (secondary N) is 1. The smallest absolute Gasteiger partial charge is 0.275 e. The van der Waals surface area contributed by atoms with Crippen LogP contribution in [0.5, 0.6) is 0 Å². The Morgan fingerprint density at radius 2 is 2.00 bits per heavy atom. The molecule has 0 bridgehead atoms. The molecule has 0 atom stereocenters. The Kier molecular flexibility index (Phi) is 4.11. The molecule has 0 unspecified atom stereocenters. The number of hydrogen-bond donors (Lipinski definition) is 2. The second-order valence-corrected chi connectivity index (χ2v) is 5.89. The van der Waals surface area contributed by atoms with E-state index in [1.807, 2.05) is 0 Å². The summed E-state index contributed by atoms with van der Waals surface area (Å²) in [6.07, 6.45) is 0. The van der Waals surface area contributed by atoms with Gasteiger partial charge in [0.25, 0.3) is 5.91 Å². The van der Waals surface area contributed by atoms with Gasteiger partial charge in [0.2, 0.25) is 0 Å². The monoisotopic (exact) mass is 365 g/mol. The van der Waals surface area contributed by atoms with E-state index in [1.165, 1.54) is 11.3 Å². The maximum atomic E-state index is 11.9. The zero-order valence-electron chi connectivity index (χ0n) is 8.71. The molecule has 0 spiro atoms. The molecule has 2 rings (SSSR count). The Morgan fingerprint density at radius 1 is 1.39 bits per heavy atom. The number of carbonyl (C=O) groups excluding carboxylic acids is 1. The van der Waals surface area contributed by atoms with Crippen molar-refractivity contribution in [2.45, 2.75) is 0 Å². The summed E-state index contributed by atoms with van der Waals surface area (Å²) in [4.78, 5) is 15.7. The molecule has 0 aliphatic heterocycles. The van der Waals surface area contributed by atoms with Gasteiger partial charge in [-0.05, 0) is 12.1 Å². The molecule has 0 saturated heterocycles. The van der Waals surface area contributed by atoms with E-state index >= 15 is 0 Å². The van der Waals surface area contributed by atoms with Crippen molar-refractivity contribution in [1.82, 2.24) is 4.98 Å². The molecule has 2 aromatic rings. The molecule has 4 nitrogen and oxygen atoms in total. The predicted octanol–water partition coefficient (Wildman–Crippen LogP) is 4.05.